The van der Waals surface area contributed by atoms with E-state index >= 15 is 0 Å². The first-order valence-electron chi connectivity index (χ1n) is 5.30. The van der Waals surface area contributed by atoms with Gasteiger partial charge >= 0.3 is 0 Å². The van der Waals surface area contributed by atoms with Crippen LogP contribution >= 0.6 is 0 Å². The van der Waals surface area contributed by atoms with Crippen molar-refractivity contribution in [3.8, 4) is 0 Å². The summed E-state index contributed by atoms with van der Waals surface area (Å²) in [7, 11) is 0. The average molecular weight is 187 g/mol. The maximum Gasteiger partial charge on any atom is -0.00922 e. The maximum atomic E-state index is 4.01. The van der Waals surface area contributed by atoms with Crippen LogP contribution in [0.5, 0.6) is 0 Å². The third-order valence-corrected chi connectivity index (χ3v) is 3.43. The van der Waals surface area contributed by atoms with Gasteiger partial charge in [0, 0.05) is 0 Å². The predicted molar refractivity (Wildman–Crippen MR) is 61.6 cm³/mol. The summed E-state index contributed by atoms with van der Waals surface area (Å²) in [5, 5.41) is 0. The Hall–Kier alpha value is -0.780. The van der Waals surface area contributed by atoms with E-state index in [9.17, 15) is 0 Å². The van der Waals surface area contributed by atoms with Gasteiger partial charge in [0.15, 0.2) is 0 Å². The molecular weight excluding hydrogens is 168 g/mol. The van der Waals surface area contributed by atoms with Crippen molar-refractivity contribution in [1.82, 2.24) is 0 Å². The summed E-state index contributed by atoms with van der Waals surface area (Å²) in [5.74, 6) is 0. The van der Waals surface area contributed by atoms with Crippen LogP contribution in [0, 0.1) is 6.92 Å². The van der Waals surface area contributed by atoms with Gasteiger partial charge in [0.1, 0.15) is 0 Å². The summed E-state index contributed by atoms with van der Waals surface area (Å²) in [6.45, 7) is 13.4. The first-order valence-corrected chi connectivity index (χ1v) is 5.30. The van der Waals surface area contributed by atoms with E-state index in [1.54, 1.807) is 0 Å². The summed E-state index contributed by atoms with van der Waals surface area (Å²) in [4.78, 5) is 0. The van der Waals surface area contributed by atoms with E-state index in [1.807, 2.05) is 0 Å². The standard InChI is InChI=1S/C14H19/c1-10-6-7-11-12(8-10)14(4,5)9-13(11,2)3/h6-8H,1,9H2,2-5H3. The highest BCUT2D eigenvalue weighted by Crippen LogP contribution is 2.49. The first kappa shape index (κ1) is 9.76. The Morgan fingerprint density at radius 2 is 1.57 bits per heavy atom. The Kier molecular flexibility index (Phi) is 1.83. The second kappa shape index (κ2) is 2.62. The molecule has 2 rings (SSSR count). The highest BCUT2D eigenvalue weighted by molar-refractivity contribution is 5.46. The minimum absolute atomic E-state index is 0.312. The lowest BCUT2D eigenvalue weighted by Gasteiger charge is -2.22. The Labute approximate surface area is 87.3 Å². The summed E-state index contributed by atoms with van der Waals surface area (Å²) in [5.41, 5.74) is 4.78. The van der Waals surface area contributed by atoms with E-state index in [4.69, 9.17) is 0 Å². The molecular formula is C14H19. The normalized spacial score (nSPS) is 22.1. The lowest BCUT2D eigenvalue weighted by Crippen LogP contribution is -2.17. The minimum Gasteiger partial charge on any atom is -0.0587 e. The first-order chi connectivity index (χ1) is 6.33. The third kappa shape index (κ3) is 1.28. The molecule has 0 heteroatoms. The predicted octanol–water partition coefficient (Wildman–Crippen LogP) is 3.83. The molecule has 1 radical (unpaired) electrons. The minimum atomic E-state index is 0.312. The quantitative estimate of drug-likeness (QED) is 0.579. The van der Waals surface area contributed by atoms with Crippen LogP contribution in [-0.4, -0.2) is 0 Å². The van der Waals surface area contributed by atoms with Gasteiger partial charge in [-0.2, -0.15) is 0 Å². The number of fused-ring (bicyclic) bond motifs is 1. The fraction of sp³-hybridized carbons (Fsp3) is 0.500. The van der Waals surface area contributed by atoms with E-state index in [1.165, 1.54) is 17.5 Å². The van der Waals surface area contributed by atoms with Crippen LogP contribution < -0.4 is 0 Å². The summed E-state index contributed by atoms with van der Waals surface area (Å²) < 4.78 is 0. The van der Waals surface area contributed by atoms with Gasteiger partial charge in [0.25, 0.3) is 0 Å². The van der Waals surface area contributed by atoms with Crippen LogP contribution in [0.1, 0.15) is 50.8 Å². The van der Waals surface area contributed by atoms with Crippen molar-refractivity contribution in [2.45, 2.75) is 44.9 Å². The van der Waals surface area contributed by atoms with Gasteiger partial charge in [-0.1, -0.05) is 45.9 Å². The molecule has 0 bridgehead atoms. The van der Waals surface area contributed by atoms with Gasteiger partial charge in [-0.3, -0.25) is 0 Å². The SMILES string of the molecule is [CH2]c1ccc2c(c1)C(C)(C)CC2(C)C. The molecule has 0 amide bonds. The van der Waals surface area contributed by atoms with Crippen LogP contribution in [0.15, 0.2) is 18.2 Å². The topological polar surface area (TPSA) is 0 Å². The van der Waals surface area contributed by atoms with Crippen molar-refractivity contribution < 1.29 is 0 Å². The average Bonchev–Trinajstić information content (AvgIpc) is 2.17. The van der Waals surface area contributed by atoms with Crippen LogP contribution in [-0.2, 0) is 10.8 Å². The second-order valence-corrected chi connectivity index (χ2v) is 5.82. The molecule has 1 aliphatic carbocycles. The Morgan fingerprint density at radius 3 is 2.21 bits per heavy atom. The van der Waals surface area contributed by atoms with E-state index in [0.29, 0.717) is 10.8 Å². The molecule has 0 spiro atoms. The molecule has 0 unspecified atom stereocenters. The van der Waals surface area contributed by atoms with Crippen molar-refractivity contribution in [3.63, 3.8) is 0 Å². The van der Waals surface area contributed by atoms with Crippen LogP contribution in [0.25, 0.3) is 0 Å². The molecule has 75 valence electrons. The molecule has 0 nitrogen and oxygen atoms in total. The van der Waals surface area contributed by atoms with Crippen LogP contribution in [0.4, 0.5) is 0 Å². The zero-order valence-electron chi connectivity index (χ0n) is 9.65. The molecule has 0 aromatic heterocycles. The molecule has 0 atom stereocenters. The van der Waals surface area contributed by atoms with Crippen molar-refractivity contribution >= 4 is 0 Å². The molecule has 0 N–H and O–H groups in total. The zero-order chi connectivity index (χ0) is 10.6. The summed E-state index contributed by atoms with van der Waals surface area (Å²) in [6, 6.07) is 6.64. The van der Waals surface area contributed by atoms with Crippen molar-refractivity contribution in [3.05, 3.63) is 41.8 Å². The molecule has 0 saturated heterocycles. The van der Waals surface area contributed by atoms with Gasteiger partial charge in [-0.05, 0) is 40.9 Å². The number of hydrogen-bond acceptors (Lipinski definition) is 0. The molecule has 0 aliphatic heterocycles. The molecule has 1 aromatic rings. The molecule has 1 aliphatic rings. The Balaban J connectivity index is 2.66. The Bertz CT molecular complexity index is 370. The lowest BCUT2D eigenvalue weighted by atomic mass is 9.82. The van der Waals surface area contributed by atoms with Gasteiger partial charge in [-0.25, -0.2) is 0 Å². The second-order valence-electron chi connectivity index (χ2n) is 5.82. The lowest BCUT2D eigenvalue weighted by molar-refractivity contribution is 0.403. The van der Waals surface area contributed by atoms with Gasteiger partial charge < -0.3 is 0 Å². The van der Waals surface area contributed by atoms with Crippen molar-refractivity contribution in [2.24, 2.45) is 0 Å². The van der Waals surface area contributed by atoms with E-state index in [2.05, 4.69) is 52.8 Å². The summed E-state index contributed by atoms with van der Waals surface area (Å²) >= 11 is 0. The van der Waals surface area contributed by atoms with Gasteiger partial charge in [0.05, 0.1) is 0 Å². The van der Waals surface area contributed by atoms with Crippen LogP contribution in [0.3, 0.4) is 0 Å². The zero-order valence-corrected chi connectivity index (χ0v) is 9.65. The molecule has 1 aromatic carbocycles. The molecule has 0 heterocycles. The molecule has 14 heavy (non-hydrogen) atoms. The van der Waals surface area contributed by atoms with E-state index < -0.39 is 0 Å². The van der Waals surface area contributed by atoms with E-state index in [-0.39, 0.29) is 0 Å². The Morgan fingerprint density at radius 1 is 1.00 bits per heavy atom. The number of rotatable bonds is 0. The van der Waals surface area contributed by atoms with Gasteiger partial charge in [0.2, 0.25) is 0 Å². The number of hydrogen-bond donors (Lipinski definition) is 0. The van der Waals surface area contributed by atoms with Crippen LogP contribution in [0.2, 0.25) is 0 Å². The maximum absolute atomic E-state index is 4.01. The fourth-order valence-electron chi connectivity index (χ4n) is 3.04. The number of benzene rings is 1. The highest BCUT2D eigenvalue weighted by atomic mass is 14.4. The van der Waals surface area contributed by atoms with Crippen molar-refractivity contribution in [2.75, 3.05) is 0 Å². The van der Waals surface area contributed by atoms with Crippen molar-refractivity contribution in [1.29, 1.82) is 0 Å². The fourth-order valence-corrected chi connectivity index (χ4v) is 3.04. The monoisotopic (exact) mass is 187 g/mol. The largest absolute Gasteiger partial charge is 0.0587 e. The summed E-state index contributed by atoms with van der Waals surface area (Å²) in [6.07, 6.45) is 1.23. The molecule has 0 saturated carbocycles. The molecule has 0 fully saturated rings. The van der Waals surface area contributed by atoms with E-state index in [0.717, 1.165) is 5.56 Å². The highest BCUT2D eigenvalue weighted by Gasteiger charge is 2.41. The smallest absolute Gasteiger partial charge is 0.00922 e. The third-order valence-electron chi connectivity index (χ3n) is 3.43. The van der Waals surface area contributed by atoms with Gasteiger partial charge in [-0.15, -0.1) is 0 Å².